The number of carboxylic acid groups (broad SMARTS) is 1. The van der Waals surface area contributed by atoms with Gasteiger partial charge < -0.3 is 5.11 Å². The maximum Gasteiger partial charge on any atom is 0.345 e. The fourth-order valence-electron chi connectivity index (χ4n) is 1.54. The van der Waals surface area contributed by atoms with Crippen LogP contribution in [-0.4, -0.2) is 31.0 Å². The lowest BCUT2D eigenvalue weighted by atomic mass is 10.4. The number of hydrogen-bond acceptors (Lipinski definition) is 5. The molecule has 0 bridgehead atoms. The summed E-state index contributed by atoms with van der Waals surface area (Å²) in [4.78, 5) is 12.1. The van der Waals surface area contributed by atoms with Crippen LogP contribution in [0.5, 0.6) is 0 Å². The van der Waals surface area contributed by atoms with Gasteiger partial charge in [0, 0.05) is 20.5 Å². The van der Waals surface area contributed by atoms with Crippen molar-refractivity contribution in [1.29, 1.82) is 0 Å². The van der Waals surface area contributed by atoms with Gasteiger partial charge in [0.1, 0.15) is 4.88 Å². The Morgan fingerprint density at radius 2 is 1.95 bits per heavy atom. The van der Waals surface area contributed by atoms with Crippen molar-refractivity contribution in [3.63, 3.8) is 0 Å². The maximum absolute atomic E-state index is 12.1. The van der Waals surface area contributed by atoms with E-state index in [1.54, 1.807) is 35.7 Å². The molecule has 21 heavy (non-hydrogen) atoms. The van der Waals surface area contributed by atoms with Crippen LogP contribution in [0.1, 0.15) is 9.67 Å². The van der Waals surface area contributed by atoms with Crippen LogP contribution in [-0.2, 0) is 9.84 Å². The zero-order valence-corrected chi connectivity index (χ0v) is 14.7. The number of carbonyl (C=O) groups is 1. The number of sulfone groups is 1. The summed E-state index contributed by atoms with van der Waals surface area (Å²) in [6.45, 7) is 0. The minimum Gasteiger partial charge on any atom is -0.477 e. The predicted molar refractivity (Wildman–Crippen MR) is 88.2 cm³/mol. The normalized spacial score (nSPS) is 11.5. The fourth-order valence-corrected chi connectivity index (χ4v) is 5.33. The molecule has 0 aliphatic carbocycles. The van der Waals surface area contributed by atoms with Gasteiger partial charge in [0.25, 0.3) is 0 Å². The Balaban J connectivity index is 1.95. The van der Waals surface area contributed by atoms with Crippen molar-refractivity contribution in [3.8, 4) is 0 Å². The average molecular weight is 407 g/mol. The molecule has 4 nitrogen and oxygen atoms in total. The molecular formula is C13H11BrO4S3. The number of benzene rings is 1. The molecule has 0 unspecified atom stereocenters. The van der Waals surface area contributed by atoms with E-state index in [0.717, 1.165) is 20.7 Å². The molecule has 0 spiro atoms. The van der Waals surface area contributed by atoms with Crippen molar-refractivity contribution in [2.75, 3.05) is 11.5 Å². The SMILES string of the molecule is O=C(O)c1cc(SCCS(=O)(=O)c2ccc(Br)cc2)cs1. The zero-order valence-electron chi connectivity index (χ0n) is 10.7. The molecule has 2 rings (SSSR count). The molecule has 1 aromatic carbocycles. The molecule has 0 radical (unpaired) electrons. The Hall–Kier alpha value is -0.830. The van der Waals surface area contributed by atoms with Crippen molar-refractivity contribution < 1.29 is 18.3 Å². The Morgan fingerprint density at radius 3 is 2.52 bits per heavy atom. The van der Waals surface area contributed by atoms with Crippen molar-refractivity contribution in [2.45, 2.75) is 9.79 Å². The number of hydrogen-bond donors (Lipinski definition) is 1. The van der Waals surface area contributed by atoms with E-state index in [1.807, 2.05) is 0 Å². The monoisotopic (exact) mass is 406 g/mol. The highest BCUT2D eigenvalue weighted by Crippen LogP contribution is 2.26. The van der Waals surface area contributed by atoms with E-state index in [1.165, 1.54) is 11.8 Å². The van der Waals surface area contributed by atoms with Gasteiger partial charge in [-0.15, -0.1) is 23.1 Å². The summed E-state index contributed by atoms with van der Waals surface area (Å²) in [5.41, 5.74) is 0. The third-order valence-corrected chi connectivity index (χ3v) is 7.14. The van der Waals surface area contributed by atoms with Gasteiger partial charge in [0.05, 0.1) is 10.6 Å². The van der Waals surface area contributed by atoms with Crippen LogP contribution in [0, 0.1) is 0 Å². The van der Waals surface area contributed by atoms with Gasteiger partial charge in [-0.25, -0.2) is 13.2 Å². The Bertz CT molecular complexity index is 735. The molecule has 0 amide bonds. The summed E-state index contributed by atoms with van der Waals surface area (Å²) in [5.74, 6) is -0.569. The summed E-state index contributed by atoms with van der Waals surface area (Å²) in [5, 5.41) is 10.5. The van der Waals surface area contributed by atoms with Crippen LogP contribution in [0.25, 0.3) is 0 Å². The molecule has 0 saturated carbocycles. The summed E-state index contributed by atoms with van der Waals surface area (Å²) in [6, 6.07) is 8.08. The molecule has 112 valence electrons. The molecule has 0 atom stereocenters. The summed E-state index contributed by atoms with van der Waals surface area (Å²) in [6.07, 6.45) is 0. The second kappa shape index (κ2) is 6.95. The number of halogens is 1. The molecule has 8 heteroatoms. The first kappa shape index (κ1) is 16.5. The molecule has 0 aliphatic rings. The minimum atomic E-state index is -3.31. The molecule has 0 saturated heterocycles. The lowest BCUT2D eigenvalue weighted by molar-refractivity contribution is 0.0702. The Labute approximate surface area is 139 Å². The maximum atomic E-state index is 12.1. The van der Waals surface area contributed by atoms with E-state index in [-0.39, 0.29) is 10.6 Å². The van der Waals surface area contributed by atoms with Crippen LogP contribution in [0.4, 0.5) is 0 Å². The van der Waals surface area contributed by atoms with Crippen molar-refractivity contribution in [2.24, 2.45) is 0 Å². The zero-order chi connectivity index (χ0) is 15.5. The van der Waals surface area contributed by atoms with Gasteiger partial charge in [-0.2, -0.15) is 0 Å². The molecule has 0 fully saturated rings. The smallest absolute Gasteiger partial charge is 0.345 e. The van der Waals surface area contributed by atoms with Gasteiger partial charge >= 0.3 is 5.97 Å². The van der Waals surface area contributed by atoms with Gasteiger partial charge in [0.15, 0.2) is 9.84 Å². The van der Waals surface area contributed by atoms with E-state index in [2.05, 4.69) is 15.9 Å². The number of thioether (sulfide) groups is 1. The quantitative estimate of drug-likeness (QED) is 0.738. The lowest BCUT2D eigenvalue weighted by Gasteiger charge is -2.04. The van der Waals surface area contributed by atoms with Crippen molar-refractivity contribution >= 4 is 54.8 Å². The standard InChI is InChI=1S/C13H11BrO4S3/c14-9-1-3-11(4-2-9)21(17,18)6-5-19-10-7-12(13(15)16)20-8-10/h1-4,7-8H,5-6H2,(H,15,16). The van der Waals surface area contributed by atoms with E-state index in [0.29, 0.717) is 10.6 Å². The second-order valence-corrected chi connectivity index (χ2v) is 9.18. The minimum absolute atomic E-state index is 0.0115. The Kier molecular flexibility index (Phi) is 5.48. The van der Waals surface area contributed by atoms with Crippen LogP contribution in [0.3, 0.4) is 0 Å². The molecule has 2 aromatic rings. The largest absolute Gasteiger partial charge is 0.477 e. The van der Waals surface area contributed by atoms with Crippen molar-refractivity contribution in [1.82, 2.24) is 0 Å². The first-order chi connectivity index (χ1) is 9.88. The third kappa shape index (κ3) is 4.57. The number of thiophene rings is 1. The van der Waals surface area contributed by atoms with Gasteiger partial charge in [-0.1, -0.05) is 15.9 Å². The van der Waals surface area contributed by atoms with Crippen LogP contribution < -0.4 is 0 Å². The summed E-state index contributed by atoms with van der Waals surface area (Å²) in [7, 11) is -3.31. The van der Waals surface area contributed by atoms with Gasteiger partial charge in [-0.3, -0.25) is 0 Å². The lowest BCUT2D eigenvalue weighted by Crippen LogP contribution is -2.08. The van der Waals surface area contributed by atoms with Crippen LogP contribution in [0.2, 0.25) is 0 Å². The molecule has 0 aliphatic heterocycles. The fraction of sp³-hybridized carbons (Fsp3) is 0.154. The van der Waals surface area contributed by atoms with E-state index >= 15 is 0 Å². The molecular weight excluding hydrogens is 396 g/mol. The summed E-state index contributed by atoms with van der Waals surface area (Å²) >= 11 is 5.74. The Morgan fingerprint density at radius 1 is 1.29 bits per heavy atom. The molecule has 1 N–H and O–H groups in total. The van der Waals surface area contributed by atoms with Crippen molar-refractivity contribution in [3.05, 3.63) is 45.1 Å². The third-order valence-electron chi connectivity index (χ3n) is 2.58. The first-order valence-electron chi connectivity index (χ1n) is 5.81. The molecule has 1 heterocycles. The highest BCUT2D eigenvalue weighted by molar-refractivity contribution is 9.10. The highest BCUT2D eigenvalue weighted by atomic mass is 79.9. The summed E-state index contributed by atoms with van der Waals surface area (Å²) < 4.78 is 25.1. The highest BCUT2D eigenvalue weighted by Gasteiger charge is 2.14. The average Bonchev–Trinajstić information content (AvgIpc) is 2.88. The van der Waals surface area contributed by atoms with E-state index in [9.17, 15) is 13.2 Å². The van der Waals surface area contributed by atoms with Gasteiger partial charge in [-0.05, 0) is 30.3 Å². The topological polar surface area (TPSA) is 71.4 Å². The van der Waals surface area contributed by atoms with Crippen LogP contribution >= 0.6 is 39.0 Å². The predicted octanol–water partition coefficient (Wildman–Crippen LogP) is 3.77. The molecule has 1 aromatic heterocycles. The number of rotatable bonds is 6. The second-order valence-electron chi connectivity index (χ2n) is 4.07. The number of aromatic carboxylic acids is 1. The van der Waals surface area contributed by atoms with Gasteiger partial charge in [0.2, 0.25) is 0 Å². The van der Waals surface area contributed by atoms with Crippen LogP contribution in [0.15, 0.2) is 50.0 Å². The van der Waals surface area contributed by atoms with E-state index < -0.39 is 15.8 Å². The first-order valence-corrected chi connectivity index (χ1v) is 10.1. The van der Waals surface area contributed by atoms with E-state index in [4.69, 9.17) is 5.11 Å². The number of carboxylic acids is 1.